The Hall–Kier alpha value is -1.47. The molecule has 3 rings (SSSR count). The summed E-state index contributed by atoms with van der Waals surface area (Å²) < 4.78 is 25.5. The number of rotatable bonds is 2. The number of hydrogen-bond donors (Lipinski definition) is 1. The highest BCUT2D eigenvalue weighted by atomic mass is 19.1. The van der Waals surface area contributed by atoms with Crippen molar-refractivity contribution in [1.82, 2.24) is 9.55 Å². The number of halogens is 1. The second kappa shape index (κ2) is 4.90. The summed E-state index contributed by atoms with van der Waals surface area (Å²) in [6, 6.07) is 0. The van der Waals surface area contributed by atoms with Gasteiger partial charge in [-0.25, -0.2) is 9.36 Å². The summed E-state index contributed by atoms with van der Waals surface area (Å²) in [5, 5.41) is 0. The molecule has 2 saturated heterocycles. The molecule has 0 radical (unpaired) electrons. The first kappa shape index (κ1) is 12.6. The van der Waals surface area contributed by atoms with Crippen molar-refractivity contribution in [3.05, 3.63) is 32.3 Å². The maximum Gasteiger partial charge on any atom is 0.330 e. The van der Waals surface area contributed by atoms with Gasteiger partial charge in [0.2, 0.25) is 5.82 Å². The van der Waals surface area contributed by atoms with Crippen molar-refractivity contribution in [3.63, 3.8) is 0 Å². The van der Waals surface area contributed by atoms with Gasteiger partial charge >= 0.3 is 5.69 Å². The Morgan fingerprint density at radius 2 is 1.89 bits per heavy atom. The van der Waals surface area contributed by atoms with Crippen LogP contribution in [0.5, 0.6) is 0 Å². The number of aromatic nitrogens is 2. The summed E-state index contributed by atoms with van der Waals surface area (Å²) >= 11 is 0. The largest absolute Gasteiger partial charge is 0.372 e. The number of aromatic amines is 1. The van der Waals surface area contributed by atoms with E-state index in [0.29, 0.717) is 26.1 Å². The van der Waals surface area contributed by atoms with Crippen LogP contribution in [-0.4, -0.2) is 22.8 Å². The van der Waals surface area contributed by atoms with Crippen molar-refractivity contribution in [2.45, 2.75) is 38.0 Å². The zero-order chi connectivity index (χ0) is 13.4. The first-order valence-electron chi connectivity index (χ1n) is 6.46. The van der Waals surface area contributed by atoms with E-state index in [0.717, 1.165) is 17.4 Å². The lowest BCUT2D eigenvalue weighted by atomic mass is 10.1. The minimum atomic E-state index is -0.943. The third-order valence-electron chi connectivity index (χ3n) is 3.55. The van der Waals surface area contributed by atoms with E-state index in [1.54, 1.807) is 0 Å². The van der Waals surface area contributed by atoms with Gasteiger partial charge in [0, 0.05) is 13.2 Å². The predicted octanol–water partition coefficient (Wildman–Crippen LogP) is 0.836. The van der Waals surface area contributed by atoms with Crippen LogP contribution < -0.4 is 11.2 Å². The fourth-order valence-corrected chi connectivity index (χ4v) is 2.60. The van der Waals surface area contributed by atoms with E-state index in [9.17, 15) is 14.0 Å². The van der Waals surface area contributed by atoms with E-state index in [-0.39, 0.29) is 5.69 Å². The highest BCUT2D eigenvalue weighted by Crippen LogP contribution is 2.27. The molecule has 2 unspecified atom stereocenters. The average molecular weight is 270 g/mol. The lowest BCUT2D eigenvalue weighted by Gasteiger charge is -2.15. The third-order valence-corrected chi connectivity index (χ3v) is 3.55. The molecule has 0 amide bonds. The van der Waals surface area contributed by atoms with E-state index in [1.165, 1.54) is 0 Å². The molecular formula is C12H15FN2O4. The van der Waals surface area contributed by atoms with Crippen molar-refractivity contribution < 1.29 is 13.9 Å². The topological polar surface area (TPSA) is 73.3 Å². The number of H-pyrrole nitrogens is 1. The summed E-state index contributed by atoms with van der Waals surface area (Å²) in [5.41, 5.74) is -1.60. The van der Waals surface area contributed by atoms with E-state index < -0.39 is 29.4 Å². The minimum absolute atomic E-state index is 0.0400. The number of hydrogen-bond acceptors (Lipinski definition) is 4. The smallest absolute Gasteiger partial charge is 0.330 e. The molecule has 0 spiro atoms. The van der Waals surface area contributed by atoms with Gasteiger partial charge in [0.1, 0.15) is 12.3 Å². The van der Waals surface area contributed by atoms with Crippen molar-refractivity contribution >= 4 is 0 Å². The van der Waals surface area contributed by atoms with Gasteiger partial charge in [-0.05, 0) is 25.7 Å². The standard InChI is InChI=1S/C12H15FN2O4/c13-9-10(7-3-1-5-18-7)14-12(17)15(11(9)16)8-4-2-6-19-8/h7-8H,1-6H2,(H,14,17). The number of nitrogens with one attached hydrogen (secondary N) is 1. The third kappa shape index (κ3) is 2.12. The SMILES string of the molecule is O=c1[nH]c(C2CCCO2)c(F)c(=O)n1C1CCCO1. The summed E-state index contributed by atoms with van der Waals surface area (Å²) in [5.74, 6) is -0.943. The monoisotopic (exact) mass is 270 g/mol. The van der Waals surface area contributed by atoms with Gasteiger partial charge in [-0.2, -0.15) is 4.39 Å². The average Bonchev–Trinajstić information content (AvgIpc) is 3.06. The van der Waals surface area contributed by atoms with Crippen LogP contribution in [0.1, 0.15) is 43.7 Å². The number of nitrogens with zero attached hydrogens (tertiary/aromatic N) is 1. The van der Waals surface area contributed by atoms with Crippen LogP contribution in [0.15, 0.2) is 9.59 Å². The van der Waals surface area contributed by atoms with Crippen LogP contribution in [-0.2, 0) is 9.47 Å². The van der Waals surface area contributed by atoms with E-state index in [4.69, 9.17) is 9.47 Å². The van der Waals surface area contributed by atoms with Crippen LogP contribution in [0.2, 0.25) is 0 Å². The molecule has 3 heterocycles. The van der Waals surface area contributed by atoms with Gasteiger partial charge in [-0.1, -0.05) is 0 Å². The predicted molar refractivity (Wildman–Crippen MR) is 63.4 cm³/mol. The maximum atomic E-state index is 14.1. The highest BCUT2D eigenvalue weighted by Gasteiger charge is 2.28. The summed E-state index contributed by atoms with van der Waals surface area (Å²) in [4.78, 5) is 26.4. The van der Waals surface area contributed by atoms with Crippen molar-refractivity contribution in [2.24, 2.45) is 0 Å². The molecular weight excluding hydrogens is 255 g/mol. The molecule has 1 N–H and O–H groups in total. The lowest BCUT2D eigenvalue weighted by Crippen LogP contribution is -2.41. The van der Waals surface area contributed by atoms with Gasteiger partial charge < -0.3 is 14.5 Å². The molecule has 104 valence electrons. The van der Waals surface area contributed by atoms with Crippen LogP contribution >= 0.6 is 0 Å². The molecule has 19 heavy (non-hydrogen) atoms. The molecule has 1 aromatic rings. The second-order valence-electron chi connectivity index (χ2n) is 4.80. The van der Waals surface area contributed by atoms with Gasteiger partial charge in [-0.15, -0.1) is 0 Å². The van der Waals surface area contributed by atoms with E-state index >= 15 is 0 Å². The Morgan fingerprint density at radius 1 is 1.16 bits per heavy atom. The molecule has 2 aliphatic rings. The molecule has 1 aromatic heterocycles. The Kier molecular flexibility index (Phi) is 3.24. The second-order valence-corrected chi connectivity index (χ2v) is 4.80. The molecule has 0 saturated carbocycles. The Labute approximate surface area is 108 Å². The molecule has 0 aromatic carbocycles. The Balaban J connectivity index is 2.06. The summed E-state index contributed by atoms with van der Waals surface area (Å²) in [6.07, 6.45) is 1.51. The molecule has 6 nitrogen and oxygen atoms in total. The van der Waals surface area contributed by atoms with Crippen molar-refractivity contribution in [1.29, 1.82) is 0 Å². The molecule has 0 aliphatic carbocycles. The summed E-state index contributed by atoms with van der Waals surface area (Å²) in [7, 11) is 0. The Morgan fingerprint density at radius 3 is 2.53 bits per heavy atom. The molecule has 0 bridgehead atoms. The fourth-order valence-electron chi connectivity index (χ4n) is 2.60. The molecule has 2 atom stereocenters. The number of ether oxygens (including phenoxy) is 2. The van der Waals surface area contributed by atoms with Crippen LogP contribution in [0.25, 0.3) is 0 Å². The fraction of sp³-hybridized carbons (Fsp3) is 0.667. The van der Waals surface area contributed by atoms with Gasteiger partial charge in [0.15, 0.2) is 0 Å². The molecule has 2 aliphatic heterocycles. The molecule has 2 fully saturated rings. The zero-order valence-corrected chi connectivity index (χ0v) is 10.4. The van der Waals surface area contributed by atoms with Crippen LogP contribution in [0.4, 0.5) is 4.39 Å². The van der Waals surface area contributed by atoms with E-state index in [2.05, 4.69) is 4.98 Å². The van der Waals surface area contributed by atoms with Crippen molar-refractivity contribution in [3.8, 4) is 0 Å². The first-order chi connectivity index (χ1) is 9.18. The van der Waals surface area contributed by atoms with Crippen molar-refractivity contribution in [2.75, 3.05) is 13.2 Å². The lowest BCUT2D eigenvalue weighted by molar-refractivity contribution is 0.0476. The molecule has 7 heteroatoms. The summed E-state index contributed by atoms with van der Waals surface area (Å²) in [6.45, 7) is 0.993. The quantitative estimate of drug-likeness (QED) is 0.864. The van der Waals surface area contributed by atoms with Crippen LogP contribution in [0, 0.1) is 5.82 Å². The van der Waals surface area contributed by atoms with Gasteiger partial charge in [-0.3, -0.25) is 4.79 Å². The highest BCUT2D eigenvalue weighted by molar-refractivity contribution is 5.08. The van der Waals surface area contributed by atoms with Gasteiger partial charge in [0.05, 0.1) is 5.69 Å². The Bertz CT molecular complexity index is 582. The minimum Gasteiger partial charge on any atom is -0.372 e. The normalized spacial score (nSPS) is 27.0. The first-order valence-corrected chi connectivity index (χ1v) is 6.46. The maximum absolute atomic E-state index is 14.1. The zero-order valence-electron chi connectivity index (χ0n) is 10.4. The van der Waals surface area contributed by atoms with Crippen LogP contribution in [0.3, 0.4) is 0 Å². The van der Waals surface area contributed by atoms with Gasteiger partial charge in [0.25, 0.3) is 5.56 Å². The van der Waals surface area contributed by atoms with E-state index in [1.807, 2.05) is 0 Å².